The summed E-state index contributed by atoms with van der Waals surface area (Å²) in [7, 11) is 0. The van der Waals surface area contributed by atoms with E-state index in [-0.39, 0.29) is 12.6 Å². The van der Waals surface area contributed by atoms with Crippen LogP contribution >= 0.6 is 0 Å². The number of urea groups is 1. The molecule has 0 spiro atoms. The highest BCUT2D eigenvalue weighted by molar-refractivity contribution is 5.82. The molecule has 0 aromatic heterocycles. The van der Waals surface area contributed by atoms with Crippen molar-refractivity contribution < 1.29 is 19.4 Å². The van der Waals surface area contributed by atoms with E-state index in [1.807, 2.05) is 0 Å². The minimum Gasteiger partial charge on any atom is -0.480 e. The van der Waals surface area contributed by atoms with Crippen LogP contribution in [0.2, 0.25) is 0 Å². The topological polar surface area (TPSA) is 78.9 Å². The first-order valence-corrected chi connectivity index (χ1v) is 6.51. The van der Waals surface area contributed by atoms with E-state index in [2.05, 4.69) is 12.2 Å². The normalized spacial score (nSPS) is 19.6. The van der Waals surface area contributed by atoms with Crippen molar-refractivity contribution in [1.29, 1.82) is 0 Å². The van der Waals surface area contributed by atoms with Crippen LogP contribution in [-0.4, -0.2) is 54.4 Å². The smallest absolute Gasteiger partial charge is 0.328 e. The van der Waals surface area contributed by atoms with Gasteiger partial charge in [0.05, 0.1) is 13.2 Å². The van der Waals surface area contributed by atoms with E-state index in [1.54, 1.807) is 0 Å². The predicted octanol–water partition coefficient (Wildman–Crippen LogP) is 1.06. The van der Waals surface area contributed by atoms with Gasteiger partial charge in [0.1, 0.15) is 0 Å². The fourth-order valence-electron chi connectivity index (χ4n) is 1.90. The molecule has 1 aliphatic rings. The number of hydrogen-bond donors (Lipinski definition) is 2. The van der Waals surface area contributed by atoms with Crippen molar-refractivity contribution in [3.05, 3.63) is 0 Å². The number of carboxylic acid groups (broad SMARTS) is 1. The molecular formula is C12H22N2O4. The van der Waals surface area contributed by atoms with Gasteiger partial charge in [-0.25, -0.2) is 9.59 Å². The number of ether oxygens (including phenoxy) is 1. The Balaban J connectivity index is 2.32. The Bertz CT molecular complexity index is 283. The summed E-state index contributed by atoms with van der Waals surface area (Å²) < 4.78 is 5.08. The Hall–Kier alpha value is -1.30. The van der Waals surface area contributed by atoms with Crippen molar-refractivity contribution in [2.75, 3.05) is 26.3 Å². The van der Waals surface area contributed by atoms with Crippen molar-refractivity contribution in [3.63, 3.8) is 0 Å². The lowest BCUT2D eigenvalue weighted by Gasteiger charge is -2.32. The maximum absolute atomic E-state index is 11.8. The van der Waals surface area contributed by atoms with Crippen LogP contribution in [0, 0.1) is 0 Å². The summed E-state index contributed by atoms with van der Waals surface area (Å²) in [5.74, 6) is -1.02. The Morgan fingerprint density at radius 1 is 1.39 bits per heavy atom. The first kappa shape index (κ1) is 14.8. The Labute approximate surface area is 107 Å². The molecule has 0 aliphatic carbocycles. The van der Waals surface area contributed by atoms with Crippen LogP contribution in [0.1, 0.15) is 32.6 Å². The minimum absolute atomic E-state index is 0.0680. The Morgan fingerprint density at radius 3 is 2.83 bits per heavy atom. The summed E-state index contributed by atoms with van der Waals surface area (Å²) in [6.45, 7) is 3.52. The van der Waals surface area contributed by atoms with Crippen LogP contribution in [-0.2, 0) is 9.53 Å². The van der Waals surface area contributed by atoms with E-state index in [9.17, 15) is 9.59 Å². The van der Waals surface area contributed by atoms with Crippen molar-refractivity contribution in [3.8, 4) is 0 Å². The molecule has 1 rings (SSSR count). The second-order valence-electron chi connectivity index (χ2n) is 4.41. The fourth-order valence-corrected chi connectivity index (χ4v) is 1.90. The fraction of sp³-hybridized carbons (Fsp3) is 0.833. The lowest BCUT2D eigenvalue weighted by Crippen LogP contribution is -2.55. The van der Waals surface area contributed by atoms with Gasteiger partial charge in [0.2, 0.25) is 0 Å². The van der Waals surface area contributed by atoms with Crippen LogP contribution in [0.5, 0.6) is 0 Å². The molecule has 0 saturated carbocycles. The van der Waals surface area contributed by atoms with Crippen LogP contribution in [0.15, 0.2) is 0 Å². The summed E-state index contributed by atoms with van der Waals surface area (Å²) in [6, 6.07) is -1.17. The number of carbonyl (C=O) groups excluding carboxylic acids is 1. The maximum Gasteiger partial charge on any atom is 0.328 e. The van der Waals surface area contributed by atoms with Gasteiger partial charge in [-0.2, -0.15) is 0 Å². The number of carboxylic acids is 1. The average molecular weight is 258 g/mol. The molecule has 104 valence electrons. The zero-order valence-electron chi connectivity index (χ0n) is 10.9. The number of nitrogens with zero attached hydrogens (tertiary/aromatic N) is 1. The van der Waals surface area contributed by atoms with E-state index in [0.29, 0.717) is 19.7 Å². The first-order chi connectivity index (χ1) is 8.66. The van der Waals surface area contributed by atoms with Gasteiger partial charge in [0, 0.05) is 13.1 Å². The van der Waals surface area contributed by atoms with Crippen molar-refractivity contribution in [1.82, 2.24) is 10.2 Å². The van der Waals surface area contributed by atoms with Gasteiger partial charge in [-0.3, -0.25) is 0 Å². The highest BCUT2D eigenvalue weighted by Crippen LogP contribution is 2.07. The van der Waals surface area contributed by atoms with Gasteiger partial charge >= 0.3 is 12.0 Å². The molecular weight excluding hydrogens is 236 g/mol. The molecule has 0 aromatic carbocycles. The molecule has 1 unspecified atom stereocenters. The highest BCUT2D eigenvalue weighted by atomic mass is 16.5. The quantitative estimate of drug-likeness (QED) is 0.698. The Kier molecular flexibility index (Phi) is 6.49. The zero-order chi connectivity index (χ0) is 13.4. The van der Waals surface area contributed by atoms with Crippen molar-refractivity contribution in [2.24, 2.45) is 0 Å². The number of amides is 2. The monoisotopic (exact) mass is 258 g/mol. The number of carbonyl (C=O) groups is 2. The second-order valence-corrected chi connectivity index (χ2v) is 4.41. The number of rotatable bonds is 6. The lowest BCUT2D eigenvalue weighted by molar-refractivity contribution is -0.147. The Morgan fingerprint density at radius 2 is 2.17 bits per heavy atom. The van der Waals surface area contributed by atoms with Gasteiger partial charge in [-0.05, 0) is 6.42 Å². The highest BCUT2D eigenvalue weighted by Gasteiger charge is 2.32. The molecule has 1 aliphatic heterocycles. The molecule has 6 heteroatoms. The third-order valence-electron chi connectivity index (χ3n) is 2.98. The van der Waals surface area contributed by atoms with Gasteiger partial charge in [-0.15, -0.1) is 0 Å². The van der Waals surface area contributed by atoms with Gasteiger partial charge in [0.15, 0.2) is 6.04 Å². The molecule has 18 heavy (non-hydrogen) atoms. The summed E-state index contributed by atoms with van der Waals surface area (Å²) >= 11 is 0. The van der Waals surface area contributed by atoms with Gasteiger partial charge in [-0.1, -0.05) is 26.2 Å². The molecule has 1 heterocycles. The summed E-state index contributed by atoms with van der Waals surface area (Å²) in [5, 5.41) is 11.8. The lowest BCUT2D eigenvalue weighted by atomic mass is 10.2. The van der Waals surface area contributed by atoms with Crippen LogP contribution in [0.4, 0.5) is 4.79 Å². The van der Waals surface area contributed by atoms with E-state index in [4.69, 9.17) is 9.84 Å². The minimum atomic E-state index is -1.02. The summed E-state index contributed by atoms with van der Waals surface area (Å²) in [5.41, 5.74) is 0. The number of morpholine rings is 1. The van der Waals surface area contributed by atoms with Gasteiger partial charge < -0.3 is 20.1 Å². The van der Waals surface area contributed by atoms with Crippen LogP contribution < -0.4 is 5.32 Å². The average Bonchev–Trinajstić information content (AvgIpc) is 2.38. The van der Waals surface area contributed by atoms with E-state index in [0.717, 1.165) is 25.7 Å². The number of aliphatic carboxylic acids is 1. The van der Waals surface area contributed by atoms with Crippen LogP contribution in [0.3, 0.4) is 0 Å². The summed E-state index contributed by atoms with van der Waals surface area (Å²) in [6.07, 6.45) is 4.33. The van der Waals surface area contributed by atoms with E-state index < -0.39 is 12.0 Å². The molecule has 0 bridgehead atoms. The predicted molar refractivity (Wildman–Crippen MR) is 66.5 cm³/mol. The first-order valence-electron chi connectivity index (χ1n) is 6.51. The maximum atomic E-state index is 11.8. The van der Waals surface area contributed by atoms with Crippen molar-refractivity contribution in [2.45, 2.75) is 38.6 Å². The molecule has 2 amide bonds. The van der Waals surface area contributed by atoms with E-state index >= 15 is 0 Å². The largest absolute Gasteiger partial charge is 0.480 e. The third-order valence-corrected chi connectivity index (χ3v) is 2.98. The zero-order valence-corrected chi connectivity index (χ0v) is 10.9. The number of hydrogen-bond acceptors (Lipinski definition) is 3. The third kappa shape index (κ3) is 4.52. The molecule has 0 aromatic rings. The van der Waals surface area contributed by atoms with Crippen LogP contribution in [0.25, 0.3) is 0 Å². The molecule has 1 fully saturated rings. The van der Waals surface area contributed by atoms with Crippen molar-refractivity contribution >= 4 is 12.0 Å². The molecule has 2 N–H and O–H groups in total. The molecule has 1 saturated heterocycles. The molecule has 1 atom stereocenters. The standard InChI is InChI=1S/C12H22N2O4/c1-2-3-4-5-6-13-12(17)14-7-8-18-9-10(14)11(15)16/h10H,2-9H2,1H3,(H,13,17)(H,15,16). The van der Waals surface area contributed by atoms with E-state index in [1.165, 1.54) is 4.90 Å². The van der Waals surface area contributed by atoms with Gasteiger partial charge in [0.25, 0.3) is 0 Å². The SMILES string of the molecule is CCCCCCNC(=O)N1CCOCC1C(=O)O. The molecule has 6 nitrogen and oxygen atoms in total. The second kappa shape index (κ2) is 7.92. The summed E-state index contributed by atoms with van der Waals surface area (Å²) in [4.78, 5) is 24.2. The number of nitrogens with one attached hydrogen (secondary N) is 1. The number of unbranched alkanes of at least 4 members (excludes halogenated alkanes) is 3. The molecule has 0 radical (unpaired) electrons.